The summed E-state index contributed by atoms with van der Waals surface area (Å²) in [6.45, 7) is 3.48. The second-order valence-corrected chi connectivity index (χ2v) is 8.86. The van der Waals surface area contributed by atoms with Gasteiger partial charge in [0, 0.05) is 42.6 Å². The number of amides is 2. The second-order valence-electron chi connectivity index (χ2n) is 6.56. The van der Waals surface area contributed by atoms with E-state index in [2.05, 4.69) is 34.7 Å². The van der Waals surface area contributed by atoms with Crippen LogP contribution in [-0.4, -0.2) is 48.3 Å². The molecule has 0 saturated carbocycles. The van der Waals surface area contributed by atoms with Gasteiger partial charge in [0.2, 0.25) is 0 Å². The molecule has 5 nitrogen and oxygen atoms in total. The summed E-state index contributed by atoms with van der Waals surface area (Å²) in [5, 5.41) is 4.73. The highest BCUT2D eigenvalue weighted by atomic mass is 35.5. The van der Waals surface area contributed by atoms with Gasteiger partial charge in [0.25, 0.3) is 0 Å². The topological polar surface area (TPSA) is 48.5 Å². The molecular formula is C20H21ClN4OS2. The van der Waals surface area contributed by atoms with Crippen LogP contribution in [0.2, 0.25) is 5.02 Å². The molecule has 1 aliphatic heterocycles. The van der Waals surface area contributed by atoms with Gasteiger partial charge < -0.3 is 15.1 Å². The molecule has 146 valence electrons. The fourth-order valence-corrected chi connectivity index (χ4v) is 5.00. The molecule has 1 aromatic heterocycles. The predicted molar refractivity (Wildman–Crippen MR) is 119 cm³/mol. The summed E-state index contributed by atoms with van der Waals surface area (Å²) < 4.78 is 1.21. The number of halogens is 1. The summed E-state index contributed by atoms with van der Waals surface area (Å²) in [4.78, 5) is 22.7. The number of carbonyl (C=O) groups excluding carboxylic acids is 1. The lowest BCUT2D eigenvalue weighted by molar-refractivity contribution is 0.194. The molecule has 0 aliphatic carbocycles. The molecule has 0 bridgehead atoms. The highest BCUT2D eigenvalue weighted by Gasteiger charge is 2.23. The Morgan fingerprint density at radius 2 is 1.93 bits per heavy atom. The van der Waals surface area contributed by atoms with Crippen LogP contribution in [-0.2, 0) is 6.54 Å². The van der Waals surface area contributed by atoms with Crippen LogP contribution in [0.5, 0.6) is 0 Å². The molecule has 3 aromatic rings. The van der Waals surface area contributed by atoms with E-state index in [-0.39, 0.29) is 6.03 Å². The summed E-state index contributed by atoms with van der Waals surface area (Å²) in [6, 6.07) is 13.8. The Morgan fingerprint density at radius 3 is 2.64 bits per heavy atom. The standard InChI is InChI=1S/C20H21ClN4OS2/c1-27-16-3-2-4-17-18(16)23-20(28-17)25-11-9-24(10-12-25)19(26)22-13-14-5-7-15(21)8-6-14/h2-8H,9-13H2,1H3,(H,22,26). The number of benzene rings is 2. The molecule has 0 atom stereocenters. The highest BCUT2D eigenvalue weighted by Crippen LogP contribution is 2.34. The van der Waals surface area contributed by atoms with Crippen molar-refractivity contribution >= 4 is 56.1 Å². The Balaban J connectivity index is 1.34. The fourth-order valence-electron chi connectivity index (χ4n) is 3.20. The average Bonchev–Trinajstić information content (AvgIpc) is 3.17. The van der Waals surface area contributed by atoms with Crippen molar-refractivity contribution in [3.63, 3.8) is 0 Å². The minimum absolute atomic E-state index is 0.0245. The van der Waals surface area contributed by atoms with E-state index in [0.717, 1.165) is 29.3 Å². The normalized spacial score (nSPS) is 14.5. The number of hydrogen-bond acceptors (Lipinski definition) is 5. The number of rotatable bonds is 4. The van der Waals surface area contributed by atoms with Gasteiger partial charge in [0.1, 0.15) is 0 Å². The van der Waals surface area contributed by atoms with Crippen LogP contribution >= 0.6 is 34.7 Å². The number of hydrogen-bond donors (Lipinski definition) is 1. The molecule has 0 unspecified atom stereocenters. The lowest BCUT2D eigenvalue weighted by Gasteiger charge is -2.34. The van der Waals surface area contributed by atoms with Gasteiger partial charge in [0.05, 0.1) is 10.2 Å². The third kappa shape index (κ3) is 4.21. The maximum Gasteiger partial charge on any atom is 0.317 e. The SMILES string of the molecule is CSc1cccc2sc(N3CCN(C(=O)NCc4ccc(Cl)cc4)CC3)nc12. The predicted octanol–water partition coefficient (Wildman–Crippen LogP) is 4.70. The van der Waals surface area contributed by atoms with Crippen molar-refractivity contribution in [3.05, 3.63) is 53.1 Å². The van der Waals surface area contributed by atoms with Gasteiger partial charge in [-0.2, -0.15) is 0 Å². The molecule has 1 aliphatic rings. The summed E-state index contributed by atoms with van der Waals surface area (Å²) in [5.74, 6) is 0. The van der Waals surface area contributed by atoms with E-state index in [1.54, 1.807) is 23.1 Å². The van der Waals surface area contributed by atoms with Crippen molar-refractivity contribution in [1.29, 1.82) is 0 Å². The first kappa shape index (κ1) is 19.4. The van der Waals surface area contributed by atoms with Gasteiger partial charge in [-0.25, -0.2) is 9.78 Å². The molecule has 4 rings (SSSR count). The van der Waals surface area contributed by atoms with Crippen LogP contribution in [0.3, 0.4) is 0 Å². The van der Waals surface area contributed by atoms with Gasteiger partial charge in [0.15, 0.2) is 5.13 Å². The summed E-state index contributed by atoms with van der Waals surface area (Å²) in [5.41, 5.74) is 2.12. The molecule has 1 N–H and O–H groups in total. The lowest BCUT2D eigenvalue weighted by Crippen LogP contribution is -2.51. The Labute approximate surface area is 177 Å². The number of nitrogens with zero attached hydrogens (tertiary/aromatic N) is 3. The monoisotopic (exact) mass is 432 g/mol. The molecule has 1 fully saturated rings. The quantitative estimate of drug-likeness (QED) is 0.607. The van der Waals surface area contributed by atoms with Crippen molar-refractivity contribution in [2.45, 2.75) is 11.4 Å². The summed E-state index contributed by atoms with van der Waals surface area (Å²) in [7, 11) is 0. The van der Waals surface area contributed by atoms with Crippen LogP contribution in [0.15, 0.2) is 47.4 Å². The maximum atomic E-state index is 12.5. The third-order valence-electron chi connectivity index (χ3n) is 4.78. The van der Waals surface area contributed by atoms with Crippen molar-refractivity contribution < 1.29 is 4.79 Å². The van der Waals surface area contributed by atoms with Crippen LogP contribution in [0.1, 0.15) is 5.56 Å². The number of anilines is 1. The van der Waals surface area contributed by atoms with Crippen LogP contribution in [0, 0.1) is 0 Å². The third-order valence-corrected chi connectivity index (χ3v) is 6.89. The minimum Gasteiger partial charge on any atom is -0.345 e. The molecule has 2 amide bonds. The number of urea groups is 1. The highest BCUT2D eigenvalue weighted by molar-refractivity contribution is 7.98. The zero-order chi connectivity index (χ0) is 19.5. The van der Waals surface area contributed by atoms with Crippen LogP contribution < -0.4 is 10.2 Å². The number of piperazine rings is 1. The molecule has 0 spiro atoms. The van der Waals surface area contributed by atoms with E-state index in [1.165, 1.54) is 9.60 Å². The number of aromatic nitrogens is 1. The smallest absolute Gasteiger partial charge is 0.317 e. The lowest BCUT2D eigenvalue weighted by atomic mass is 10.2. The van der Waals surface area contributed by atoms with E-state index in [4.69, 9.17) is 16.6 Å². The Morgan fingerprint density at radius 1 is 1.18 bits per heavy atom. The maximum absolute atomic E-state index is 12.5. The second kappa shape index (κ2) is 8.59. The largest absolute Gasteiger partial charge is 0.345 e. The van der Waals surface area contributed by atoms with Gasteiger partial charge in [-0.1, -0.05) is 41.1 Å². The Hall–Kier alpha value is -1.96. The van der Waals surface area contributed by atoms with Gasteiger partial charge >= 0.3 is 6.03 Å². The number of para-hydroxylation sites is 1. The summed E-state index contributed by atoms with van der Waals surface area (Å²) in [6.07, 6.45) is 2.08. The number of thiazole rings is 1. The van der Waals surface area contributed by atoms with E-state index in [0.29, 0.717) is 24.7 Å². The van der Waals surface area contributed by atoms with Crippen molar-refractivity contribution in [2.24, 2.45) is 0 Å². The van der Waals surface area contributed by atoms with E-state index >= 15 is 0 Å². The number of thioether (sulfide) groups is 1. The summed E-state index contributed by atoms with van der Waals surface area (Å²) >= 11 is 9.34. The molecule has 0 radical (unpaired) electrons. The van der Waals surface area contributed by atoms with Crippen molar-refractivity contribution in [1.82, 2.24) is 15.2 Å². The van der Waals surface area contributed by atoms with Gasteiger partial charge in [-0.05, 0) is 36.1 Å². The zero-order valence-electron chi connectivity index (χ0n) is 15.5. The number of carbonyl (C=O) groups is 1. The van der Waals surface area contributed by atoms with Crippen LogP contribution in [0.4, 0.5) is 9.93 Å². The average molecular weight is 433 g/mol. The Bertz CT molecular complexity index is 968. The minimum atomic E-state index is -0.0245. The number of nitrogens with one attached hydrogen (secondary N) is 1. The first-order valence-corrected chi connectivity index (χ1v) is 11.5. The number of fused-ring (bicyclic) bond motifs is 1. The fraction of sp³-hybridized carbons (Fsp3) is 0.300. The molecule has 8 heteroatoms. The van der Waals surface area contributed by atoms with Gasteiger partial charge in [-0.3, -0.25) is 0 Å². The molecule has 2 aromatic carbocycles. The Kier molecular flexibility index (Phi) is 5.94. The van der Waals surface area contributed by atoms with E-state index < -0.39 is 0 Å². The van der Waals surface area contributed by atoms with Gasteiger partial charge in [-0.15, -0.1) is 11.8 Å². The molecular weight excluding hydrogens is 412 g/mol. The molecule has 1 saturated heterocycles. The van der Waals surface area contributed by atoms with Crippen molar-refractivity contribution in [3.8, 4) is 0 Å². The zero-order valence-corrected chi connectivity index (χ0v) is 17.9. The first-order chi connectivity index (χ1) is 13.6. The van der Waals surface area contributed by atoms with E-state index in [9.17, 15) is 4.79 Å². The first-order valence-electron chi connectivity index (χ1n) is 9.10. The van der Waals surface area contributed by atoms with Crippen molar-refractivity contribution in [2.75, 3.05) is 37.3 Å². The molecule has 28 heavy (non-hydrogen) atoms. The van der Waals surface area contributed by atoms with E-state index in [1.807, 2.05) is 29.2 Å². The molecule has 2 heterocycles. The van der Waals surface area contributed by atoms with Crippen LogP contribution in [0.25, 0.3) is 10.2 Å².